The van der Waals surface area contributed by atoms with Crippen molar-refractivity contribution >= 4 is 23.8 Å². The lowest BCUT2D eigenvalue weighted by Crippen LogP contribution is -2.44. The molecular formula is C18H23N3O5. The molecule has 26 heavy (non-hydrogen) atoms. The molecule has 1 heterocycles. The van der Waals surface area contributed by atoms with Gasteiger partial charge in [-0.25, -0.2) is 4.79 Å². The Morgan fingerprint density at radius 1 is 1.27 bits per heavy atom. The number of nitrogens with one attached hydrogen (secondary N) is 2. The highest BCUT2D eigenvalue weighted by Gasteiger charge is 2.36. The van der Waals surface area contributed by atoms with Crippen LogP contribution >= 0.6 is 0 Å². The predicted molar refractivity (Wildman–Crippen MR) is 93.0 cm³/mol. The standard InChI is InChI=1S/C18H23N3O5/c1-12(16(23)20-18(25)19-2)26-17(24)14-10-15(22)21(11-14)9-8-13-6-4-3-5-7-13/h3-7,12,14H,8-11H2,1-2H3,(H2,19,20,23,25)/t12-,14+/m1/s1. The molecule has 140 valence electrons. The van der Waals surface area contributed by atoms with Crippen LogP contribution in [-0.2, 0) is 25.5 Å². The maximum absolute atomic E-state index is 12.2. The molecule has 1 aliphatic heterocycles. The van der Waals surface area contributed by atoms with Gasteiger partial charge in [0.25, 0.3) is 5.91 Å². The van der Waals surface area contributed by atoms with E-state index in [0.717, 1.165) is 5.56 Å². The number of esters is 1. The molecule has 0 spiro atoms. The Labute approximate surface area is 151 Å². The Hall–Kier alpha value is -2.90. The first kappa shape index (κ1) is 19.4. The summed E-state index contributed by atoms with van der Waals surface area (Å²) in [4.78, 5) is 48.8. The molecule has 1 fully saturated rings. The summed E-state index contributed by atoms with van der Waals surface area (Å²) in [5, 5.41) is 4.27. The average molecular weight is 361 g/mol. The number of carbonyl (C=O) groups is 4. The molecule has 1 saturated heterocycles. The average Bonchev–Trinajstić information content (AvgIpc) is 3.01. The number of ether oxygens (including phenoxy) is 1. The van der Waals surface area contributed by atoms with Gasteiger partial charge in [0, 0.05) is 26.6 Å². The zero-order valence-electron chi connectivity index (χ0n) is 14.9. The Kier molecular flexibility index (Phi) is 6.71. The van der Waals surface area contributed by atoms with Crippen molar-refractivity contribution in [1.82, 2.24) is 15.5 Å². The minimum atomic E-state index is -1.12. The van der Waals surface area contributed by atoms with Gasteiger partial charge in [-0.15, -0.1) is 0 Å². The van der Waals surface area contributed by atoms with Crippen LogP contribution in [0.25, 0.3) is 0 Å². The third kappa shape index (κ3) is 5.30. The number of hydrogen-bond donors (Lipinski definition) is 2. The molecule has 2 N–H and O–H groups in total. The second-order valence-corrected chi connectivity index (χ2v) is 6.12. The van der Waals surface area contributed by atoms with Gasteiger partial charge in [0.15, 0.2) is 6.10 Å². The number of likely N-dealkylation sites (tertiary alicyclic amines) is 1. The highest BCUT2D eigenvalue weighted by molar-refractivity contribution is 5.97. The normalized spacial score (nSPS) is 17.5. The second kappa shape index (κ2) is 8.98. The van der Waals surface area contributed by atoms with E-state index in [0.29, 0.717) is 13.0 Å². The molecule has 1 aliphatic rings. The molecule has 0 aliphatic carbocycles. The van der Waals surface area contributed by atoms with E-state index < -0.39 is 29.9 Å². The molecule has 1 aromatic carbocycles. The van der Waals surface area contributed by atoms with Gasteiger partial charge in [-0.3, -0.25) is 19.7 Å². The molecule has 1 aromatic rings. The van der Waals surface area contributed by atoms with Gasteiger partial charge in [-0.2, -0.15) is 0 Å². The number of carbonyl (C=O) groups excluding carboxylic acids is 4. The zero-order chi connectivity index (χ0) is 19.1. The third-order valence-electron chi connectivity index (χ3n) is 4.19. The van der Waals surface area contributed by atoms with Crippen molar-refractivity contribution in [3.05, 3.63) is 35.9 Å². The van der Waals surface area contributed by atoms with E-state index in [1.165, 1.54) is 14.0 Å². The Balaban J connectivity index is 1.82. The summed E-state index contributed by atoms with van der Waals surface area (Å²) in [6.45, 7) is 2.17. The van der Waals surface area contributed by atoms with Crippen LogP contribution in [0, 0.1) is 5.92 Å². The van der Waals surface area contributed by atoms with Crippen molar-refractivity contribution in [2.75, 3.05) is 20.1 Å². The van der Waals surface area contributed by atoms with E-state index in [2.05, 4.69) is 5.32 Å². The van der Waals surface area contributed by atoms with E-state index in [9.17, 15) is 19.2 Å². The number of rotatable bonds is 6. The van der Waals surface area contributed by atoms with Crippen LogP contribution in [-0.4, -0.2) is 55.0 Å². The summed E-state index contributed by atoms with van der Waals surface area (Å²) in [7, 11) is 1.37. The molecule has 0 bridgehead atoms. The lowest BCUT2D eigenvalue weighted by Gasteiger charge is -2.17. The van der Waals surface area contributed by atoms with Crippen molar-refractivity contribution in [2.24, 2.45) is 5.92 Å². The van der Waals surface area contributed by atoms with Gasteiger partial charge in [0.05, 0.1) is 5.92 Å². The summed E-state index contributed by atoms with van der Waals surface area (Å²) < 4.78 is 5.09. The van der Waals surface area contributed by atoms with E-state index in [1.54, 1.807) is 4.90 Å². The molecule has 0 radical (unpaired) electrons. The van der Waals surface area contributed by atoms with E-state index in [-0.39, 0.29) is 18.9 Å². The van der Waals surface area contributed by atoms with Crippen molar-refractivity contribution in [3.63, 3.8) is 0 Å². The first-order valence-corrected chi connectivity index (χ1v) is 8.45. The van der Waals surface area contributed by atoms with Crippen molar-refractivity contribution in [2.45, 2.75) is 25.9 Å². The monoisotopic (exact) mass is 361 g/mol. The fourth-order valence-electron chi connectivity index (χ4n) is 2.65. The number of urea groups is 1. The predicted octanol–water partition coefficient (Wildman–Crippen LogP) is 0.465. The minimum Gasteiger partial charge on any atom is -0.452 e. The number of benzene rings is 1. The lowest BCUT2D eigenvalue weighted by molar-refractivity contribution is -0.158. The molecule has 0 saturated carbocycles. The SMILES string of the molecule is CNC(=O)NC(=O)[C@@H](C)OC(=O)[C@H]1CC(=O)N(CCc2ccccc2)C1. The van der Waals surface area contributed by atoms with Gasteiger partial charge < -0.3 is 15.0 Å². The van der Waals surface area contributed by atoms with Crippen molar-refractivity contribution < 1.29 is 23.9 Å². The topological polar surface area (TPSA) is 105 Å². The fraction of sp³-hybridized carbons (Fsp3) is 0.444. The largest absolute Gasteiger partial charge is 0.452 e. The molecule has 0 aromatic heterocycles. The van der Waals surface area contributed by atoms with Gasteiger partial charge in [-0.1, -0.05) is 30.3 Å². The maximum atomic E-state index is 12.2. The summed E-state index contributed by atoms with van der Waals surface area (Å²) in [6.07, 6.45) is -0.343. The van der Waals surface area contributed by atoms with Crippen LogP contribution < -0.4 is 10.6 Å². The van der Waals surface area contributed by atoms with Crippen LogP contribution in [0.5, 0.6) is 0 Å². The Bertz CT molecular complexity index is 677. The number of nitrogens with zero attached hydrogens (tertiary/aromatic N) is 1. The van der Waals surface area contributed by atoms with Crippen LogP contribution in [0.3, 0.4) is 0 Å². The molecule has 2 rings (SSSR count). The number of amides is 4. The number of hydrogen-bond acceptors (Lipinski definition) is 5. The first-order valence-electron chi connectivity index (χ1n) is 8.45. The van der Waals surface area contributed by atoms with Crippen LogP contribution in [0.4, 0.5) is 4.79 Å². The van der Waals surface area contributed by atoms with E-state index in [4.69, 9.17) is 4.74 Å². The molecular weight excluding hydrogens is 338 g/mol. The summed E-state index contributed by atoms with van der Waals surface area (Å²) in [6, 6.07) is 9.09. The second-order valence-electron chi connectivity index (χ2n) is 6.12. The summed E-state index contributed by atoms with van der Waals surface area (Å²) in [5.41, 5.74) is 1.12. The summed E-state index contributed by atoms with van der Waals surface area (Å²) >= 11 is 0. The fourth-order valence-corrected chi connectivity index (χ4v) is 2.65. The van der Waals surface area contributed by atoms with E-state index in [1.807, 2.05) is 35.6 Å². The third-order valence-corrected chi connectivity index (χ3v) is 4.19. The first-order chi connectivity index (χ1) is 12.4. The molecule has 8 nitrogen and oxygen atoms in total. The Morgan fingerprint density at radius 2 is 1.96 bits per heavy atom. The maximum Gasteiger partial charge on any atom is 0.321 e. The van der Waals surface area contributed by atoms with E-state index >= 15 is 0 Å². The van der Waals surface area contributed by atoms with Crippen molar-refractivity contribution in [1.29, 1.82) is 0 Å². The molecule has 0 unspecified atom stereocenters. The molecule has 2 atom stereocenters. The van der Waals surface area contributed by atoms with Crippen molar-refractivity contribution in [3.8, 4) is 0 Å². The van der Waals surface area contributed by atoms with Gasteiger partial charge in [0.2, 0.25) is 5.91 Å². The summed E-state index contributed by atoms with van der Waals surface area (Å²) in [5.74, 6) is -2.04. The molecule has 4 amide bonds. The number of imide groups is 1. The van der Waals surface area contributed by atoms with Crippen LogP contribution in [0.2, 0.25) is 0 Å². The van der Waals surface area contributed by atoms with Gasteiger partial charge >= 0.3 is 12.0 Å². The zero-order valence-corrected chi connectivity index (χ0v) is 14.9. The van der Waals surface area contributed by atoms with Crippen LogP contribution in [0.1, 0.15) is 18.9 Å². The lowest BCUT2D eigenvalue weighted by atomic mass is 10.1. The van der Waals surface area contributed by atoms with Gasteiger partial charge in [0.1, 0.15) is 0 Å². The van der Waals surface area contributed by atoms with Crippen LogP contribution in [0.15, 0.2) is 30.3 Å². The quantitative estimate of drug-likeness (QED) is 0.717. The highest BCUT2D eigenvalue weighted by Crippen LogP contribution is 2.20. The smallest absolute Gasteiger partial charge is 0.321 e. The minimum absolute atomic E-state index is 0.0669. The highest BCUT2D eigenvalue weighted by atomic mass is 16.5. The van der Waals surface area contributed by atoms with Gasteiger partial charge in [-0.05, 0) is 18.9 Å². The Morgan fingerprint density at radius 3 is 2.62 bits per heavy atom. The molecule has 8 heteroatoms.